The number of rotatable bonds is 27. The second-order valence-corrected chi connectivity index (χ2v) is 36.4. The molecule has 4 aromatic carbocycles. The van der Waals surface area contributed by atoms with E-state index in [-0.39, 0.29) is 115 Å². The number of nitrogens with zero attached hydrogens (tertiary/aromatic N) is 9. The molecule has 34 nitrogen and oxygen atoms in total. The van der Waals surface area contributed by atoms with Gasteiger partial charge in [-0.2, -0.15) is 35.0 Å². The van der Waals surface area contributed by atoms with Crippen molar-refractivity contribution in [1.29, 1.82) is 0 Å². The first kappa shape index (κ1) is 101. The minimum absolute atomic E-state index is 0. The Hall–Kier alpha value is -10.1. The summed E-state index contributed by atoms with van der Waals surface area (Å²) in [5.41, 5.74) is 3.83. The van der Waals surface area contributed by atoms with Crippen molar-refractivity contribution in [2.75, 3.05) is 42.5 Å². The number of aromatic hydroxyl groups is 4. The Labute approximate surface area is 737 Å². The van der Waals surface area contributed by atoms with E-state index in [1.165, 1.54) is 36.4 Å². The van der Waals surface area contributed by atoms with E-state index in [0.29, 0.717) is 58.1 Å². The summed E-state index contributed by atoms with van der Waals surface area (Å²) in [6.45, 7) is 37.5. The second-order valence-electron chi connectivity index (χ2n) is 28.5. The number of halogens is 3. The highest BCUT2D eigenvalue weighted by atomic mass is 35.5. The number of furan rings is 4. The van der Waals surface area contributed by atoms with Crippen molar-refractivity contribution in [1.82, 2.24) is 35.0 Å². The summed E-state index contributed by atoms with van der Waals surface area (Å²) in [6.07, 6.45) is 2.47. The normalized spacial score (nSPS) is 12.4. The number of nitrogens with two attached hydrogens (primary N) is 3. The van der Waals surface area contributed by atoms with E-state index in [0.717, 1.165) is 110 Å². The number of phenols is 4. The Balaban J connectivity index is 0.000000284. The molecule has 8 heterocycles. The van der Waals surface area contributed by atoms with Crippen molar-refractivity contribution in [3.63, 3.8) is 0 Å². The molecule has 0 spiro atoms. The SMILES string of the molecule is C.C.C.C.CC[C@@H](Nc1nsnc1Nc1ccc(Cl)c(S(N)(=O)=O)c1O)c1cc(C(C)C)co1.Cc1cc([C@H](Nc2nsnc2Nc2ccc(Cl)c(S(N)(=O)=O)c2O)C(C)C)oc1C.Cc1ccc([C@H](Nc2nsnc2Nc2ccc(Cl)c(S(N)(=O)=O)c2O)C(C)(C)C)o1.[C-]#[N+]c1cccc(Nc2nsnc2N[C@@H](c2cc(C)c(C)o2)C(C)C)c1O. The molecule has 0 saturated heterocycles. The maximum absolute atomic E-state index is 11.8. The minimum Gasteiger partial charge on any atom is -0.517 e. The topological polar surface area (TPSA) is 518 Å². The zero-order valence-electron chi connectivity index (χ0n) is 65.5. The van der Waals surface area contributed by atoms with Crippen LogP contribution < -0.4 is 58.0 Å². The number of benzene rings is 4. The van der Waals surface area contributed by atoms with Crippen molar-refractivity contribution in [2.45, 2.75) is 185 Å². The molecule has 0 aliphatic heterocycles. The van der Waals surface area contributed by atoms with E-state index in [9.17, 15) is 45.7 Å². The van der Waals surface area contributed by atoms with Crippen LogP contribution in [0.2, 0.25) is 15.1 Å². The summed E-state index contributed by atoms with van der Waals surface area (Å²) >= 11 is 21.6. The summed E-state index contributed by atoms with van der Waals surface area (Å²) in [6, 6.07) is 22.3. The fourth-order valence-corrected chi connectivity index (χ4v) is 16.7. The molecule has 658 valence electrons. The molecule has 12 aromatic rings. The number of nitrogens with one attached hydrogen (secondary N) is 8. The van der Waals surface area contributed by atoms with E-state index in [4.69, 9.17) is 74.5 Å². The van der Waals surface area contributed by atoms with Gasteiger partial charge in [0.05, 0.1) is 122 Å². The number of aromatic nitrogens is 8. The molecule has 0 radical (unpaired) electrons. The van der Waals surface area contributed by atoms with Gasteiger partial charge in [0, 0.05) is 0 Å². The van der Waals surface area contributed by atoms with Crippen molar-refractivity contribution in [2.24, 2.45) is 32.7 Å². The highest BCUT2D eigenvalue weighted by molar-refractivity contribution is 7.90. The lowest BCUT2D eigenvalue weighted by atomic mass is 9.85. The predicted molar refractivity (Wildman–Crippen MR) is 485 cm³/mol. The van der Waals surface area contributed by atoms with Crippen LogP contribution >= 0.6 is 81.7 Å². The average Bonchev–Trinajstić information content (AvgIpc) is 1.49. The Morgan fingerprint density at radius 1 is 0.471 bits per heavy atom. The first-order valence-corrected chi connectivity index (χ1v) is 44.1. The van der Waals surface area contributed by atoms with Crippen LogP contribution in [0.25, 0.3) is 4.85 Å². The van der Waals surface area contributed by atoms with Crippen LogP contribution in [0.4, 0.5) is 75.0 Å². The summed E-state index contributed by atoms with van der Waals surface area (Å²) < 4.78 is 128. The van der Waals surface area contributed by atoms with Gasteiger partial charge in [0.1, 0.15) is 60.8 Å². The molecule has 18 N–H and O–H groups in total. The van der Waals surface area contributed by atoms with Crippen LogP contribution in [0.15, 0.2) is 124 Å². The third-order valence-corrected chi connectivity index (χ3v) is 24.0. The first-order chi connectivity index (χ1) is 54.9. The molecular weight excluding hydrogens is 1760 g/mol. The number of hydrogen-bond donors (Lipinski definition) is 15. The third-order valence-electron chi connectivity index (χ3n) is 17.7. The molecule has 0 unspecified atom stereocenters. The smallest absolute Gasteiger partial charge is 0.243 e. The molecular formula is C77H103Cl3N20O14S7. The largest absolute Gasteiger partial charge is 0.517 e. The van der Waals surface area contributed by atoms with E-state index in [1.54, 1.807) is 24.5 Å². The van der Waals surface area contributed by atoms with Crippen molar-refractivity contribution < 1.29 is 63.3 Å². The van der Waals surface area contributed by atoms with E-state index in [1.807, 2.05) is 85.7 Å². The average molecular weight is 1860 g/mol. The quantitative estimate of drug-likeness (QED) is 0.0168. The molecule has 4 atom stereocenters. The molecule has 44 heteroatoms. The zero-order valence-corrected chi connectivity index (χ0v) is 73.5. The lowest BCUT2D eigenvalue weighted by Gasteiger charge is -2.30. The fraction of sp³-hybridized carbons (Fsp3) is 0.364. The van der Waals surface area contributed by atoms with Gasteiger partial charge in [-0.3, -0.25) is 0 Å². The number of aryl methyl sites for hydroxylation is 5. The molecule has 0 bridgehead atoms. The molecule has 0 amide bonds. The molecule has 8 aromatic heterocycles. The lowest BCUT2D eigenvalue weighted by Crippen LogP contribution is -2.25. The highest BCUT2D eigenvalue weighted by Crippen LogP contribution is 2.46. The first-order valence-electron chi connectivity index (χ1n) is 35.4. The minimum atomic E-state index is -4.23. The van der Waals surface area contributed by atoms with Gasteiger partial charge in [-0.25, -0.2) is 45.5 Å². The standard InChI is InChI=1S/C19H21N5O2S.3C18H22ClN5O4S2.4CH4/c1-10(2)16(15-9-11(3)12(4)26-15)22-19-18(23-27-24-19)21-14-8-6-7-13(20-5)17(14)25;1-9-5-8-12(28-9)15(18(2,3)4)22-17-16(23-29-24-17)21-11-7-6-10(19)14(13(11)25)30(20,26)27;1-8(2)14(13-7-9(3)10(4)28-13)22-18-17(23-29-24-18)21-12-6-5-11(19)16(15(12)25)30(20,26)27;1-4-12(14-7-10(8-28-14)9(2)3)21-17-18(24-29-23-17)22-13-6-5-11(19)16(15(13)25)30(20,26)27;;;;/h6-10,16,25H,1-4H3,(H,21,23)(H,22,24);5-8,15,25H,1-4H3,(H,21,23)(H,22,24)(H2,20,26,27);5-8,14,25H,1-4H3,(H,21,23)(H,22,24)(H2,20,26,27);5-9,12,25H,4H2,1-3H3,(H,21,23)(H,22,24)(H2,20,26,27);4*1H4/t16-;15-;14-;12-;;;;/m1011..../s1. The van der Waals surface area contributed by atoms with Crippen LogP contribution in [0.5, 0.6) is 23.0 Å². The van der Waals surface area contributed by atoms with Crippen molar-refractivity contribution >= 4 is 187 Å². The maximum atomic E-state index is 11.8. The Bertz CT molecular complexity index is 5850. The van der Waals surface area contributed by atoms with Gasteiger partial charge < -0.3 is 80.6 Å². The van der Waals surface area contributed by atoms with Crippen LogP contribution in [-0.4, -0.2) is 80.7 Å². The Morgan fingerprint density at radius 2 is 0.826 bits per heavy atom. The molecule has 121 heavy (non-hydrogen) atoms. The number of primary sulfonamides is 3. The maximum Gasteiger partial charge on any atom is 0.243 e. The van der Waals surface area contributed by atoms with Gasteiger partial charge in [0.2, 0.25) is 35.8 Å². The van der Waals surface area contributed by atoms with E-state index < -0.39 is 62.0 Å². The third kappa shape index (κ3) is 25.3. The number of para-hydroxylation sites is 1. The number of phenolic OH excluding ortho intramolecular Hbond substituents is 4. The number of anilines is 12. The van der Waals surface area contributed by atoms with Crippen molar-refractivity contribution in [3.05, 3.63) is 175 Å². The van der Waals surface area contributed by atoms with Crippen LogP contribution in [-0.2, 0) is 30.1 Å². The lowest BCUT2D eigenvalue weighted by molar-refractivity contribution is 0.300. The van der Waals surface area contributed by atoms with Crippen molar-refractivity contribution in [3.8, 4) is 23.0 Å². The molecule has 12 rings (SSSR count). The van der Waals surface area contributed by atoms with Gasteiger partial charge in [0.25, 0.3) is 0 Å². The summed E-state index contributed by atoms with van der Waals surface area (Å²) in [4.78, 5) is 1.62. The summed E-state index contributed by atoms with van der Waals surface area (Å²) in [5, 5.41) is 81.3. The van der Waals surface area contributed by atoms with Crippen LogP contribution in [0.3, 0.4) is 0 Å². The van der Waals surface area contributed by atoms with Gasteiger partial charge in [-0.05, 0) is 154 Å². The van der Waals surface area contributed by atoms with Crippen LogP contribution in [0.1, 0.15) is 192 Å². The highest BCUT2D eigenvalue weighted by Gasteiger charge is 2.33. The van der Waals surface area contributed by atoms with Gasteiger partial charge >= 0.3 is 0 Å². The van der Waals surface area contributed by atoms with Gasteiger partial charge in [-0.1, -0.05) is 146 Å². The fourth-order valence-electron chi connectivity index (χ4n) is 11.2. The molecule has 0 aliphatic carbocycles. The Morgan fingerprint density at radius 3 is 1.12 bits per heavy atom. The second kappa shape index (κ2) is 42.6. The number of sulfonamides is 3. The van der Waals surface area contributed by atoms with E-state index >= 15 is 0 Å². The molecule has 0 saturated carbocycles. The Kier molecular flexibility index (Phi) is 35.8. The summed E-state index contributed by atoms with van der Waals surface area (Å²) in [7, 11) is -12.7. The van der Waals surface area contributed by atoms with Gasteiger partial charge in [-0.15, -0.1) is 0 Å². The van der Waals surface area contributed by atoms with E-state index in [2.05, 4.69) is 131 Å². The predicted octanol–water partition coefficient (Wildman–Crippen LogP) is 21.4. The van der Waals surface area contributed by atoms with Gasteiger partial charge in [0.15, 0.2) is 63.8 Å². The zero-order chi connectivity index (χ0) is 86.1. The molecule has 0 fully saturated rings. The number of hydrogen-bond acceptors (Lipinski definition) is 34. The van der Waals surface area contributed by atoms with Crippen LogP contribution in [0, 0.1) is 58.4 Å². The monoisotopic (exact) mass is 1860 g/mol. The summed E-state index contributed by atoms with van der Waals surface area (Å²) in [5.74, 6) is 7.78. The molecule has 0 aliphatic rings.